The maximum Gasteiger partial charge on any atom is 0.301 e. The minimum absolute atomic E-state index is 0.207. The molecule has 1 heterocycles. The zero-order valence-electron chi connectivity index (χ0n) is 5.95. The third kappa shape index (κ3) is 1.47. The third-order valence-electron chi connectivity index (χ3n) is 1.38. The van der Waals surface area contributed by atoms with Crippen LogP contribution in [0.2, 0.25) is 0 Å². The average molecular weight is 214 g/mol. The van der Waals surface area contributed by atoms with E-state index in [1.165, 1.54) is 6.92 Å². The van der Waals surface area contributed by atoms with E-state index in [-0.39, 0.29) is 23.2 Å². The van der Waals surface area contributed by atoms with Crippen molar-refractivity contribution in [3.05, 3.63) is 21.0 Å². The molecule has 0 bridgehead atoms. The fourth-order valence-corrected chi connectivity index (χ4v) is 1.57. The van der Waals surface area contributed by atoms with Crippen LogP contribution in [0.15, 0.2) is 10.9 Å². The van der Waals surface area contributed by atoms with Crippen molar-refractivity contribution in [2.24, 2.45) is 0 Å². The Morgan fingerprint density at radius 2 is 2.50 bits per heavy atom. The topological polar surface area (TPSA) is 58.4 Å². The molecular weight excluding hydrogens is 209 g/mol. The van der Waals surface area contributed by atoms with Gasteiger partial charge in [-0.05, 0) is 6.92 Å². The fraction of sp³-hybridized carbons (Fsp3) is 0.500. The van der Waals surface area contributed by atoms with Crippen molar-refractivity contribution in [2.75, 3.05) is 0 Å². The lowest BCUT2D eigenvalue weighted by Crippen LogP contribution is -2.30. The van der Waals surface area contributed by atoms with E-state index in [1.54, 1.807) is 0 Å². The minimum Gasteiger partial charge on any atom is -0.258 e. The number of nitro groups is 1. The predicted molar refractivity (Wildman–Crippen MR) is 43.0 cm³/mol. The molecule has 0 aromatic heterocycles. The quantitative estimate of drug-likeness (QED) is 0.325. The Hall–Kier alpha value is -0.530. The molecule has 1 atom stereocenters. The van der Waals surface area contributed by atoms with Crippen LogP contribution in [0.5, 0.6) is 0 Å². The molecule has 0 aromatic rings. The molecule has 1 N–H and O–H groups in total. The van der Waals surface area contributed by atoms with E-state index >= 15 is 0 Å². The van der Waals surface area contributed by atoms with Crippen molar-refractivity contribution >= 4 is 23.9 Å². The summed E-state index contributed by atoms with van der Waals surface area (Å²) in [6.45, 7) is 1.52. The van der Waals surface area contributed by atoms with Gasteiger partial charge >= 0.3 is 5.70 Å². The largest absolute Gasteiger partial charge is 0.301 e. The molecule has 5 nitrogen and oxygen atoms in total. The van der Waals surface area contributed by atoms with Crippen molar-refractivity contribution in [1.82, 2.24) is 9.84 Å². The van der Waals surface area contributed by atoms with Crippen molar-refractivity contribution in [3.8, 4) is 0 Å². The van der Waals surface area contributed by atoms with Gasteiger partial charge in [0, 0.05) is 0 Å². The number of hydrazine groups is 1. The van der Waals surface area contributed by atoms with Gasteiger partial charge in [0.15, 0.2) is 12.3 Å². The van der Waals surface area contributed by atoms with Crippen LogP contribution < -0.4 is 5.43 Å². The molecule has 0 amide bonds. The summed E-state index contributed by atoms with van der Waals surface area (Å²) in [5, 5.41) is 10.1. The molecule has 68 valence electrons. The summed E-state index contributed by atoms with van der Waals surface area (Å²) in [6, 6.07) is -0.573. The zero-order chi connectivity index (χ0) is 9.30. The zero-order valence-corrected chi connectivity index (χ0v) is 7.52. The number of halogens is 2. The SMILES string of the molecule is CC1NN(SF)C(Cl)=C1[N+](=O)[O-]. The molecule has 8 heteroatoms. The van der Waals surface area contributed by atoms with Gasteiger partial charge in [0.25, 0.3) is 0 Å². The number of nitrogens with zero attached hydrogens (tertiary/aromatic N) is 2. The Kier molecular flexibility index (Phi) is 2.76. The van der Waals surface area contributed by atoms with Crippen molar-refractivity contribution in [3.63, 3.8) is 0 Å². The molecule has 0 saturated heterocycles. The highest BCUT2D eigenvalue weighted by molar-refractivity contribution is 7.92. The highest BCUT2D eigenvalue weighted by atomic mass is 35.5. The van der Waals surface area contributed by atoms with Gasteiger partial charge in [0.2, 0.25) is 5.16 Å². The van der Waals surface area contributed by atoms with E-state index in [4.69, 9.17) is 11.6 Å². The van der Waals surface area contributed by atoms with Gasteiger partial charge in [0.05, 0.1) is 4.92 Å². The first kappa shape index (κ1) is 9.56. The monoisotopic (exact) mass is 213 g/mol. The first-order valence-corrected chi connectivity index (χ1v) is 4.02. The van der Waals surface area contributed by atoms with Crippen LogP contribution in [0.25, 0.3) is 0 Å². The van der Waals surface area contributed by atoms with Crippen molar-refractivity contribution in [1.29, 1.82) is 0 Å². The Bertz CT molecular complexity index is 248. The number of nitrogens with one attached hydrogen (secondary N) is 1. The molecule has 0 aromatic carbocycles. The van der Waals surface area contributed by atoms with Gasteiger partial charge in [-0.3, -0.25) is 10.1 Å². The minimum atomic E-state index is -0.629. The van der Waals surface area contributed by atoms with Crippen LogP contribution in [0.3, 0.4) is 0 Å². The van der Waals surface area contributed by atoms with Gasteiger partial charge in [0.1, 0.15) is 6.04 Å². The van der Waals surface area contributed by atoms with Crippen molar-refractivity contribution in [2.45, 2.75) is 13.0 Å². The molecule has 1 unspecified atom stereocenters. The standard InChI is InChI=1S/C4H5ClFN3O2S/c1-2-3(9(10)11)4(5)8(7-2)12-6/h2,7H,1H3. The lowest BCUT2D eigenvalue weighted by atomic mass is 10.3. The van der Waals surface area contributed by atoms with Crippen LogP contribution in [-0.4, -0.2) is 15.4 Å². The predicted octanol–water partition coefficient (Wildman–Crippen LogP) is 1.41. The lowest BCUT2D eigenvalue weighted by Gasteiger charge is -2.09. The second kappa shape index (κ2) is 3.46. The van der Waals surface area contributed by atoms with Crippen molar-refractivity contribution < 1.29 is 8.81 Å². The highest BCUT2D eigenvalue weighted by Crippen LogP contribution is 2.29. The normalized spacial score (nSPS) is 23.6. The van der Waals surface area contributed by atoms with E-state index in [2.05, 4.69) is 5.43 Å². The second-order valence-corrected chi connectivity index (χ2v) is 3.01. The van der Waals surface area contributed by atoms with Crippen LogP contribution >= 0.6 is 23.9 Å². The second-order valence-electron chi connectivity index (χ2n) is 2.15. The summed E-state index contributed by atoms with van der Waals surface area (Å²) in [4.78, 5) is 9.72. The third-order valence-corrected chi connectivity index (χ3v) is 2.27. The van der Waals surface area contributed by atoms with Gasteiger partial charge in [-0.15, -0.1) is 3.89 Å². The Morgan fingerprint density at radius 1 is 1.92 bits per heavy atom. The fourth-order valence-electron chi connectivity index (χ4n) is 0.860. The summed E-state index contributed by atoms with van der Waals surface area (Å²) >= 11 is 5.27. The molecule has 1 aliphatic heterocycles. The molecule has 0 spiro atoms. The number of hydrogen-bond donors (Lipinski definition) is 1. The Balaban J connectivity index is 2.93. The molecule has 12 heavy (non-hydrogen) atoms. The van der Waals surface area contributed by atoms with E-state index in [0.717, 1.165) is 4.41 Å². The molecule has 0 aliphatic carbocycles. The smallest absolute Gasteiger partial charge is 0.258 e. The molecule has 0 fully saturated rings. The van der Waals surface area contributed by atoms with Crippen LogP contribution in [0.4, 0.5) is 3.89 Å². The number of rotatable bonds is 2. The Morgan fingerprint density at radius 3 is 2.75 bits per heavy atom. The summed E-state index contributed by atoms with van der Waals surface area (Å²) in [5.41, 5.74) is 2.24. The van der Waals surface area contributed by atoms with Gasteiger partial charge < -0.3 is 0 Å². The Labute approximate surface area is 77.1 Å². The lowest BCUT2D eigenvalue weighted by molar-refractivity contribution is -0.429. The van der Waals surface area contributed by atoms with E-state index in [1.807, 2.05) is 0 Å². The van der Waals surface area contributed by atoms with E-state index in [0.29, 0.717) is 0 Å². The van der Waals surface area contributed by atoms with Gasteiger partial charge in [-0.2, -0.15) is 0 Å². The summed E-state index contributed by atoms with van der Waals surface area (Å²) in [7, 11) is 0. The highest BCUT2D eigenvalue weighted by Gasteiger charge is 2.37. The van der Waals surface area contributed by atoms with Gasteiger partial charge in [-0.1, -0.05) is 11.6 Å². The maximum absolute atomic E-state index is 12.0. The average Bonchev–Trinajstić information content (AvgIpc) is 2.25. The first-order chi connectivity index (χ1) is 5.57. The molecular formula is C4H5ClFN3O2S. The van der Waals surface area contributed by atoms with Gasteiger partial charge in [-0.25, -0.2) is 9.84 Å². The van der Waals surface area contributed by atoms with E-state index in [9.17, 15) is 14.0 Å². The van der Waals surface area contributed by atoms with Crippen LogP contribution in [-0.2, 0) is 0 Å². The molecule has 0 saturated carbocycles. The first-order valence-electron chi connectivity index (χ1n) is 2.97. The maximum atomic E-state index is 12.0. The number of hydrogen-bond acceptors (Lipinski definition) is 5. The molecule has 1 rings (SSSR count). The van der Waals surface area contributed by atoms with Crippen LogP contribution in [0.1, 0.15) is 6.92 Å². The van der Waals surface area contributed by atoms with E-state index < -0.39 is 11.0 Å². The van der Waals surface area contributed by atoms with Crippen LogP contribution in [0, 0.1) is 10.1 Å². The summed E-state index contributed by atoms with van der Waals surface area (Å²) in [5.74, 6) is 0. The summed E-state index contributed by atoms with van der Waals surface area (Å²) < 4.78 is 12.8. The summed E-state index contributed by atoms with van der Waals surface area (Å²) in [6.07, 6.45) is 0. The molecule has 0 radical (unpaired) electrons. The molecule has 1 aliphatic rings.